The predicted octanol–water partition coefficient (Wildman–Crippen LogP) is 6.95. The maximum atomic E-state index is 13.8. The first kappa shape index (κ1) is 24.3. The molecule has 0 radical (unpaired) electrons. The van der Waals surface area contributed by atoms with Gasteiger partial charge in [-0.05, 0) is 72.1 Å². The fraction of sp³-hybridized carbons (Fsp3) is 0.393. The first-order valence-corrected chi connectivity index (χ1v) is 11.8. The fourth-order valence-electron chi connectivity index (χ4n) is 5.18. The average Bonchev–Trinajstić information content (AvgIpc) is 3.29. The van der Waals surface area contributed by atoms with Crippen LogP contribution in [-0.2, 0) is 22.1 Å². The van der Waals surface area contributed by atoms with E-state index in [1.54, 1.807) is 6.07 Å². The van der Waals surface area contributed by atoms with Crippen LogP contribution in [0.25, 0.3) is 10.8 Å². The van der Waals surface area contributed by atoms with Gasteiger partial charge in [-0.2, -0.15) is 13.2 Å². The summed E-state index contributed by atoms with van der Waals surface area (Å²) < 4.78 is 45.8. The number of esters is 1. The highest BCUT2D eigenvalue weighted by atomic mass is 19.4. The van der Waals surface area contributed by atoms with E-state index in [1.807, 2.05) is 12.1 Å². The van der Waals surface area contributed by atoms with Crippen molar-refractivity contribution in [1.82, 2.24) is 5.32 Å². The van der Waals surface area contributed by atoms with E-state index < -0.39 is 17.7 Å². The number of aryl methyl sites for hydroxylation is 1. The second-order valence-electron chi connectivity index (χ2n) is 9.15. The second kappa shape index (κ2) is 10.2. The molecule has 1 aliphatic carbocycles. The Morgan fingerprint density at radius 3 is 2.62 bits per heavy atom. The van der Waals surface area contributed by atoms with Gasteiger partial charge in [0, 0.05) is 18.5 Å². The topological polar surface area (TPSA) is 38.3 Å². The lowest BCUT2D eigenvalue weighted by atomic mass is 9.92. The lowest BCUT2D eigenvalue weighted by molar-refractivity contribution is -0.142. The lowest BCUT2D eigenvalue weighted by Gasteiger charge is -2.22. The van der Waals surface area contributed by atoms with Crippen LogP contribution in [0.4, 0.5) is 13.2 Å². The molecule has 1 saturated carbocycles. The molecule has 0 aromatic heterocycles. The molecule has 1 fully saturated rings. The summed E-state index contributed by atoms with van der Waals surface area (Å²) in [6.45, 7) is 2.15. The van der Waals surface area contributed by atoms with Crippen LogP contribution in [0.3, 0.4) is 0 Å². The molecule has 3 aromatic carbocycles. The molecule has 0 unspecified atom stereocenters. The standard InChI is InChI=1S/C28H30F3NO2/c1-18(24-9-5-7-19-6-3-4-8-25(19)24)32-23-14-12-21(16-23)22-11-10-20(13-15-27(33)34-2)26(17-22)28(29,30)31/h3-11,17-18,21,23,32H,12-16H2,1-2H3/t18-,21-,23+/m1/s1. The van der Waals surface area contributed by atoms with E-state index in [0.29, 0.717) is 0 Å². The number of alkyl halides is 3. The van der Waals surface area contributed by atoms with E-state index in [9.17, 15) is 18.0 Å². The van der Waals surface area contributed by atoms with E-state index in [4.69, 9.17) is 0 Å². The molecule has 0 saturated heterocycles. The zero-order valence-electron chi connectivity index (χ0n) is 19.5. The molecule has 0 amide bonds. The third kappa shape index (κ3) is 5.44. The van der Waals surface area contributed by atoms with Crippen molar-refractivity contribution < 1.29 is 22.7 Å². The van der Waals surface area contributed by atoms with Crippen molar-refractivity contribution in [3.63, 3.8) is 0 Å². The number of carbonyl (C=O) groups excluding carboxylic acids is 1. The molecule has 0 spiro atoms. The molecule has 3 atom stereocenters. The summed E-state index contributed by atoms with van der Waals surface area (Å²) in [6, 6.07) is 19.6. The number of hydrogen-bond acceptors (Lipinski definition) is 3. The van der Waals surface area contributed by atoms with Crippen molar-refractivity contribution in [2.24, 2.45) is 0 Å². The first-order chi connectivity index (χ1) is 16.3. The minimum absolute atomic E-state index is 0.0131. The molecule has 4 rings (SSSR count). The van der Waals surface area contributed by atoms with Crippen molar-refractivity contribution in [2.45, 2.75) is 63.2 Å². The van der Waals surface area contributed by atoms with Crippen LogP contribution in [0.1, 0.15) is 66.8 Å². The minimum atomic E-state index is -4.46. The zero-order valence-corrected chi connectivity index (χ0v) is 19.5. The van der Waals surface area contributed by atoms with E-state index in [0.717, 1.165) is 24.8 Å². The molecule has 3 aromatic rings. The van der Waals surface area contributed by atoms with Gasteiger partial charge in [-0.25, -0.2) is 0 Å². The highest BCUT2D eigenvalue weighted by Crippen LogP contribution is 2.40. The molecular formula is C28H30F3NO2. The van der Waals surface area contributed by atoms with Crippen LogP contribution >= 0.6 is 0 Å². The van der Waals surface area contributed by atoms with Gasteiger partial charge in [0.25, 0.3) is 0 Å². The van der Waals surface area contributed by atoms with Crippen LogP contribution in [0, 0.1) is 0 Å². The third-order valence-electron chi connectivity index (χ3n) is 6.95. The number of ether oxygens (including phenoxy) is 1. The van der Waals surface area contributed by atoms with E-state index in [-0.39, 0.29) is 36.4 Å². The van der Waals surface area contributed by atoms with Crippen LogP contribution < -0.4 is 5.32 Å². The van der Waals surface area contributed by atoms with Gasteiger partial charge in [0.1, 0.15) is 0 Å². The molecule has 34 heavy (non-hydrogen) atoms. The summed E-state index contributed by atoms with van der Waals surface area (Å²) >= 11 is 0. The summed E-state index contributed by atoms with van der Waals surface area (Å²) in [7, 11) is 1.24. The summed E-state index contributed by atoms with van der Waals surface area (Å²) in [6.07, 6.45) is -1.95. The summed E-state index contributed by atoms with van der Waals surface area (Å²) in [5.74, 6) is -0.435. The summed E-state index contributed by atoms with van der Waals surface area (Å²) in [5, 5.41) is 6.13. The van der Waals surface area contributed by atoms with Crippen molar-refractivity contribution in [3.8, 4) is 0 Å². The Morgan fingerprint density at radius 1 is 1.09 bits per heavy atom. The third-order valence-corrected chi connectivity index (χ3v) is 6.95. The maximum absolute atomic E-state index is 13.8. The zero-order chi connectivity index (χ0) is 24.3. The monoisotopic (exact) mass is 469 g/mol. The van der Waals surface area contributed by atoms with Gasteiger partial charge < -0.3 is 10.1 Å². The number of benzene rings is 3. The molecule has 0 heterocycles. The molecule has 1 N–H and O–H groups in total. The normalized spacial score (nSPS) is 19.3. The van der Waals surface area contributed by atoms with Gasteiger partial charge in [0.15, 0.2) is 0 Å². The Balaban J connectivity index is 1.46. The highest BCUT2D eigenvalue weighted by molar-refractivity contribution is 5.86. The molecule has 1 aliphatic rings. The summed E-state index contributed by atoms with van der Waals surface area (Å²) in [4.78, 5) is 11.4. The Bertz CT molecular complexity index is 1150. The molecule has 6 heteroatoms. The van der Waals surface area contributed by atoms with Crippen molar-refractivity contribution >= 4 is 16.7 Å². The van der Waals surface area contributed by atoms with Crippen molar-refractivity contribution in [3.05, 3.63) is 82.9 Å². The van der Waals surface area contributed by atoms with Crippen LogP contribution in [0.2, 0.25) is 0 Å². The van der Waals surface area contributed by atoms with Gasteiger partial charge >= 0.3 is 12.1 Å². The number of rotatable bonds is 7. The Hall–Kier alpha value is -2.86. The molecule has 180 valence electrons. The molecule has 0 bridgehead atoms. The largest absolute Gasteiger partial charge is 0.469 e. The van der Waals surface area contributed by atoms with E-state index >= 15 is 0 Å². The van der Waals surface area contributed by atoms with Gasteiger partial charge in [-0.1, -0.05) is 54.6 Å². The number of nitrogens with one attached hydrogen (secondary N) is 1. The van der Waals surface area contributed by atoms with Crippen LogP contribution in [0.15, 0.2) is 60.7 Å². The maximum Gasteiger partial charge on any atom is 0.416 e. The van der Waals surface area contributed by atoms with Crippen molar-refractivity contribution in [1.29, 1.82) is 0 Å². The smallest absolute Gasteiger partial charge is 0.416 e. The number of halogens is 3. The predicted molar refractivity (Wildman–Crippen MR) is 128 cm³/mol. The highest BCUT2D eigenvalue weighted by Gasteiger charge is 2.35. The lowest BCUT2D eigenvalue weighted by Crippen LogP contribution is -2.29. The molecule has 0 aliphatic heterocycles. The molecular weight excluding hydrogens is 439 g/mol. The number of fused-ring (bicyclic) bond motifs is 1. The van der Waals surface area contributed by atoms with Gasteiger partial charge in [-0.15, -0.1) is 0 Å². The Labute approximate surface area is 198 Å². The fourth-order valence-corrected chi connectivity index (χ4v) is 5.18. The summed E-state index contributed by atoms with van der Waals surface area (Å²) in [5.41, 5.74) is 1.44. The Kier molecular flexibility index (Phi) is 7.27. The number of hydrogen-bond donors (Lipinski definition) is 1. The van der Waals surface area contributed by atoms with Gasteiger partial charge in [0.05, 0.1) is 12.7 Å². The van der Waals surface area contributed by atoms with E-state index in [2.05, 4.69) is 47.3 Å². The second-order valence-corrected chi connectivity index (χ2v) is 9.15. The minimum Gasteiger partial charge on any atom is -0.469 e. The SMILES string of the molecule is COC(=O)CCc1ccc([C@@H]2CC[C@H](N[C@H](C)c3cccc4ccccc34)C2)cc1C(F)(F)F. The average molecular weight is 470 g/mol. The van der Waals surface area contributed by atoms with E-state index in [1.165, 1.54) is 35.6 Å². The first-order valence-electron chi connectivity index (χ1n) is 11.8. The van der Waals surface area contributed by atoms with Crippen LogP contribution in [0.5, 0.6) is 0 Å². The number of methoxy groups -OCH3 is 1. The van der Waals surface area contributed by atoms with Crippen LogP contribution in [-0.4, -0.2) is 19.1 Å². The quantitative estimate of drug-likeness (QED) is 0.381. The van der Waals surface area contributed by atoms with Gasteiger partial charge in [-0.3, -0.25) is 4.79 Å². The number of carbonyl (C=O) groups is 1. The molecule has 3 nitrogen and oxygen atoms in total. The van der Waals surface area contributed by atoms with Gasteiger partial charge in [0.2, 0.25) is 0 Å². The Morgan fingerprint density at radius 2 is 1.85 bits per heavy atom. The van der Waals surface area contributed by atoms with Crippen molar-refractivity contribution in [2.75, 3.05) is 7.11 Å².